The van der Waals surface area contributed by atoms with Gasteiger partial charge in [0.05, 0.1) is 18.8 Å². The van der Waals surface area contributed by atoms with Gasteiger partial charge in [0.25, 0.3) is 0 Å². The number of benzene rings is 1. The van der Waals surface area contributed by atoms with Gasteiger partial charge in [-0.3, -0.25) is 0 Å². The third kappa shape index (κ3) is 3.38. The number of hydrogen-bond donors (Lipinski definition) is 1. The molecule has 2 rings (SSSR count). The van der Waals surface area contributed by atoms with Crippen molar-refractivity contribution in [1.82, 2.24) is 5.32 Å². The number of nitrogens with one attached hydrogen (secondary N) is 1. The second kappa shape index (κ2) is 6.64. The van der Waals surface area contributed by atoms with Crippen molar-refractivity contribution in [2.75, 3.05) is 24.7 Å². The van der Waals surface area contributed by atoms with Gasteiger partial charge in [-0.05, 0) is 18.2 Å². The van der Waals surface area contributed by atoms with Crippen molar-refractivity contribution in [2.45, 2.75) is 19.1 Å². The number of thioether (sulfide) groups is 1. The van der Waals surface area contributed by atoms with E-state index in [2.05, 4.69) is 18.3 Å². The largest absolute Gasteiger partial charge is 0.375 e. The average Bonchev–Trinajstić information content (AvgIpc) is 2.38. The number of rotatable bonds is 4. The van der Waals surface area contributed by atoms with Crippen LogP contribution < -0.4 is 5.32 Å². The maximum absolute atomic E-state index is 6.27. The molecule has 0 bridgehead atoms. The highest BCUT2D eigenvalue weighted by atomic mass is 35.5. The molecule has 1 aromatic rings. The standard InChI is InChI=1S/C13H18ClNOS/c1-2-15-13(12-9-17-8-7-16-12)10-5-3-4-6-11(10)14/h3-6,12-13,15H,2,7-9H2,1H3. The van der Waals surface area contributed by atoms with Crippen molar-refractivity contribution in [3.05, 3.63) is 34.9 Å². The molecule has 0 aromatic heterocycles. The third-order valence-corrected chi connectivity index (χ3v) is 4.24. The molecular weight excluding hydrogens is 254 g/mol. The molecule has 1 aliphatic rings. The third-order valence-electron chi connectivity index (χ3n) is 2.88. The van der Waals surface area contributed by atoms with Crippen molar-refractivity contribution < 1.29 is 4.74 Å². The molecule has 2 nitrogen and oxygen atoms in total. The molecule has 17 heavy (non-hydrogen) atoms. The zero-order valence-electron chi connectivity index (χ0n) is 9.99. The minimum absolute atomic E-state index is 0.196. The topological polar surface area (TPSA) is 21.3 Å². The van der Waals surface area contributed by atoms with Gasteiger partial charge in [0.2, 0.25) is 0 Å². The van der Waals surface area contributed by atoms with E-state index in [1.807, 2.05) is 30.0 Å². The molecule has 4 heteroatoms. The second-order valence-corrected chi connectivity index (χ2v) is 5.60. The summed E-state index contributed by atoms with van der Waals surface area (Å²) in [6.45, 7) is 3.86. The van der Waals surface area contributed by atoms with Crippen molar-refractivity contribution in [3.63, 3.8) is 0 Å². The van der Waals surface area contributed by atoms with E-state index in [1.165, 1.54) is 0 Å². The van der Waals surface area contributed by atoms with Gasteiger partial charge in [-0.25, -0.2) is 0 Å². The Morgan fingerprint density at radius 1 is 1.53 bits per heavy atom. The Bertz CT molecular complexity index is 355. The summed E-state index contributed by atoms with van der Waals surface area (Å²) < 4.78 is 5.86. The second-order valence-electron chi connectivity index (χ2n) is 4.04. The first kappa shape index (κ1) is 13.2. The van der Waals surface area contributed by atoms with E-state index >= 15 is 0 Å². The number of halogens is 1. The molecule has 1 fully saturated rings. The lowest BCUT2D eigenvalue weighted by atomic mass is 10.0. The van der Waals surface area contributed by atoms with Crippen LogP contribution in [0.5, 0.6) is 0 Å². The van der Waals surface area contributed by atoms with E-state index in [0.29, 0.717) is 0 Å². The maximum Gasteiger partial charge on any atom is 0.0860 e. The monoisotopic (exact) mass is 271 g/mol. The zero-order valence-corrected chi connectivity index (χ0v) is 11.6. The lowest BCUT2D eigenvalue weighted by Crippen LogP contribution is -2.38. The lowest BCUT2D eigenvalue weighted by Gasteiger charge is -2.31. The van der Waals surface area contributed by atoms with Crippen molar-refractivity contribution in [3.8, 4) is 0 Å². The highest BCUT2D eigenvalue weighted by Gasteiger charge is 2.26. The van der Waals surface area contributed by atoms with E-state index in [0.717, 1.165) is 35.2 Å². The summed E-state index contributed by atoms with van der Waals surface area (Å²) in [5.74, 6) is 2.13. The van der Waals surface area contributed by atoms with Crippen LogP contribution >= 0.6 is 23.4 Å². The minimum atomic E-state index is 0.196. The van der Waals surface area contributed by atoms with E-state index < -0.39 is 0 Å². The molecule has 1 N–H and O–H groups in total. The van der Waals surface area contributed by atoms with Gasteiger partial charge in [0.15, 0.2) is 0 Å². The molecule has 0 spiro atoms. The van der Waals surface area contributed by atoms with Crippen molar-refractivity contribution >= 4 is 23.4 Å². The smallest absolute Gasteiger partial charge is 0.0860 e. The Balaban J connectivity index is 2.18. The summed E-state index contributed by atoms with van der Waals surface area (Å²) in [6.07, 6.45) is 0.216. The minimum Gasteiger partial charge on any atom is -0.375 e. The lowest BCUT2D eigenvalue weighted by molar-refractivity contribution is 0.0472. The van der Waals surface area contributed by atoms with Gasteiger partial charge in [0, 0.05) is 16.5 Å². The predicted octanol–water partition coefficient (Wildman–Crippen LogP) is 3.12. The van der Waals surface area contributed by atoms with E-state index in [4.69, 9.17) is 16.3 Å². The zero-order chi connectivity index (χ0) is 12.1. The van der Waals surface area contributed by atoms with Crippen LogP contribution in [0.3, 0.4) is 0 Å². The molecule has 1 heterocycles. The van der Waals surface area contributed by atoms with Gasteiger partial charge in [0.1, 0.15) is 0 Å². The molecule has 1 aliphatic heterocycles. The molecule has 2 atom stereocenters. The Hall–Kier alpha value is -0.220. The summed E-state index contributed by atoms with van der Waals surface area (Å²) in [6, 6.07) is 8.21. The van der Waals surface area contributed by atoms with Crippen LogP contribution in [0.4, 0.5) is 0 Å². The Labute approximate surface area is 112 Å². The van der Waals surface area contributed by atoms with Crippen LogP contribution in [0.15, 0.2) is 24.3 Å². The fourth-order valence-electron chi connectivity index (χ4n) is 2.09. The predicted molar refractivity (Wildman–Crippen MR) is 74.9 cm³/mol. The highest BCUT2D eigenvalue weighted by molar-refractivity contribution is 7.99. The Kier molecular flexibility index (Phi) is 5.16. The SMILES string of the molecule is CCNC(c1ccccc1Cl)C1CSCCO1. The van der Waals surface area contributed by atoms with Crippen LogP contribution in [-0.4, -0.2) is 30.8 Å². The normalized spacial score (nSPS) is 22.4. The van der Waals surface area contributed by atoms with Crippen LogP contribution in [0.25, 0.3) is 0 Å². The number of ether oxygens (including phenoxy) is 1. The molecule has 0 amide bonds. The molecule has 1 saturated heterocycles. The first-order valence-corrected chi connectivity index (χ1v) is 7.53. The van der Waals surface area contributed by atoms with Crippen LogP contribution in [-0.2, 0) is 4.74 Å². The summed E-state index contributed by atoms with van der Waals surface area (Å²) in [5.41, 5.74) is 1.14. The number of likely N-dealkylation sites (N-methyl/N-ethyl adjacent to an activating group) is 1. The van der Waals surface area contributed by atoms with Gasteiger partial charge in [-0.2, -0.15) is 11.8 Å². The average molecular weight is 272 g/mol. The fourth-order valence-corrected chi connectivity index (χ4v) is 3.24. The van der Waals surface area contributed by atoms with E-state index in [9.17, 15) is 0 Å². The molecule has 94 valence electrons. The number of hydrogen-bond acceptors (Lipinski definition) is 3. The summed E-state index contributed by atoms with van der Waals surface area (Å²) in [7, 11) is 0. The van der Waals surface area contributed by atoms with E-state index in [-0.39, 0.29) is 12.1 Å². The van der Waals surface area contributed by atoms with Crippen molar-refractivity contribution in [2.24, 2.45) is 0 Å². The molecule has 2 unspecified atom stereocenters. The van der Waals surface area contributed by atoms with Crippen LogP contribution in [0, 0.1) is 0 Å². The fraction of sp³-hybridized carbons (Fsp3) is 0.538. The van der Waals surface area contributed by atoms with Crippen LogP contribution in [0.2, 0.25) is 5.02 Å². The molecule has 0 aliphatic carbocycles. The highest BCUT2D eigenvalue weighted by Crippen LogP contribution is 2.29. The van der Waals surface area contributed by atoms with E-state index in [1.54, 1.807) is 0 Å². The summed E-state index contributed by atoms with van der Waals surface area (Å²) >= 11 is 8.22. The van der Waals surface area contributed by atoms with Gasteiger partial charge in [-0.15, -0.1) is 0 Å². The van der Waals surface area contributed by atoms with Gasteiger partial charge in [-0.1, -0.05) is 36.7 Å². The summed E-state index contributed by atoms with van der Waals surface area (Å²) in [4.78, 5) is 0. The Morgan fingerprint density at radius 3 is 3.00 bits per heavy atom. The molecule has 1 aromatic carbocycles. The first-order chi connectivity index (χ1) is 8.33. The summed E-state index contributed by atoms with van der Waals surface area (Å²) in [5, 5.41) is 4.30. The van der Waals surface area contributed by atoms with Gasteiger partial charge >= 0.3 is 0 Å². The van der Waals surface area contributed by atoms with Crippen molar-refractivity contribution in [1.29, 1.82) is 0 Å². The molecule has 0 radical (unpaired) electrons. The quantitative estimate of drug-likeness (QED) is 0.909. The van der Waals surface area contributed by atoms with Gasteiger partial charge < -0.3 is 10.1 Å². The molecular formula is C13H18ClNOS. The Morgan fingerprint density at radius 2 is 2.35 bits per heavy atom. The molecule has 0 saturated carbocycles. The first-order valence-electron chi connectivity index (χ1n) is 6.00. The maximum atomic E-state index is 6.27. The van der Waals surface area contributed by atoms with Crippen LogP contribution in [0.1, 0.15) is 18.5 Å².